The molecule has 0 radical (unpaired) electrons. The van der Waals surface area contributed by atoms with Crippen molar-refractivity contribution in [1.29, 1.82) is 0 Å². The SMILES string of the molecule is Nc1cnn(-c2ccccc2O)c1Br. The topological polar surface area (TPSA) is 64.1 Å². The van der Waals surface area contributed by atoms with E-state index in [1.54, 1.807) is 18.2 Å². The summed E-state index contributed by atoms with van der Waals surface area (Å²) in [6.45, 7) is 0. The van der Waals surface area contributed by atoms with Gasteiger partial charge in [-0.2, -0.15) is 5.10 Å². The summed E-state index contributed by atoms with van der Waals surface area (Å²) in [4.78, 5) is 0. The maximum atomic E-state index is 9.58. The average molecular weight is 254 g/mol. The molecule has 0 saturated carbocycles. The van der Waals surface area contributed by atoms with Crippen LogP contribution in [0.2, 0.25) is 0 Å². The normalized spacial score (nSPS) is 10.4. The molecule has 0 fully saturated rings. The van der Waals surface area contributed by atoms with Gasteiger partial charge in [0.05, 0.1) is 11.9 Å². The van der Waals surface area contributed by atoms with Crippen LogP contribution in [0.1, 0.15) is 0 Å². The number of para-hydroxylation sites is 2. The molecular weight excluding hydrogens is 246 g/mol. The number of phenolic OH excluding ortho intramolecular Hbond substituents is 1. The van der Waals surface area contributed by atoms with Crippen LogP contribution in [0.3, 0.4) is 0 Å². The van der Waals surface area contributed by atoms with Crippen molar-refractivity contribution in [3.05, 3.63) is 35.1 Å². The zero-order chi connectivity index (χ0) is 10.1. The average Bonchev–Trinajstić information content (AvgIpc) is 2.49. The minimum absolute atomic E-state index is 0.163. The number of nitrogens with zero attached hydrogens (tertiary/aromatic N) is 2. The Labute approximate surface area is 89.1 Å². The number of hydrogen-bond acceptors (Lipinski definition) is 3. The van der Waals surface area contributed by atoms with Crippen molar-refractivity contribution in [3.63, 3.8) is 0 Å². The fraction of sp³-hybridized carbons (Fsp3) is 0. The summed E-state index contributed by atoms with van der Waals surface area (Å²) in [6, 6.07) is 6.92. The molecule has 72 valence electrons. The van der Waals surface area contributed by atoms with E-state index in [-0.39, 0.29) is 5.75 Å². The maximum absolute atomic E-state index is 9.58. The van der Waals surface area contributed by atoms with Crippen molar-refractivity contribution < 1.29 is 5.11 Å². The molecule has 1 aromatic heterocycles. The van der Waals surface area contributed by atoms with Crippen LogP contribution in [0.4, 0.5) is 5.69 Å². The Hall–Kier alpha value is -1.49. The highest BCUT2D eigenvalue weighted by Gasteiger charge is 2.09. The Balaban J connectivity index is 2.60. The molecule has 0 spiro atoms. The molecule has 0 bridgehead atoms. The molecule has 0 atom stereocenters. The largest absolute Gasteiger partial charge is 0.506 e. The molecule has 5 heteroatoms. The van der Waals surface area contributed by atoms with Crippen LogP contribution in [-0.4, -0.2) is 14.9 Å². The molecule has 0 aliphatic carbocycles. The number of aromatic hydroxyl groups is 1. The zero-order valence-electron chi connectivity index (χ0n) is 7.18. The van der Waals surface area contributed by atoms with Crippen molar-refractivity contribution in [2.45, 2.75) is 0 Å². The third-order valence-electron chi connectivity index (χ3n) is 1.85. The Kier molecular flexibility index (Phi) is 2.17. The lowest BCUT2D eigenvalue weighted by atomic mass is 10.3. The van der Waals surface area contributed by atoms with Crippen LogP contribution < -0.4 is 5.73 Å². The fourth-order valence-corrected chi connectivity index (χ4v) is 1.54. The third-order valence-corrected chi connectivity index (χ3v) is 2.64. The van der Waals surface area contributed by atoms with Crippen molar-refractivity contribution >= 4 is 21.6 Å². The number of rotatable bonds is 1. The molecule has 0 unspecified atom stereocenters. The fourth-order valence-electron chi connectivity index (χ4n) is 1.16. The molecule has 0 saturated heterocycles. The molecule has 2 rings (SSSR count). The zero-order valence-corrected chi connectivity index (χ0v) is 8.77. The summed E-state index contributed by atoms with van der Waals surface area (Å²) >= 11 is 3.29. The molecule has 0 aliphatic rings. The standard InChI is InChI=1S/C9H8BrN3O/c10-9-6(11)5-12-13(9)7-3-1-2-4-8(7)14/h1-5,14H,11H2. The van der Waals surface area contributed by atoms with E-state index in [1.807, 2.05) is 6.07 Å². The van der Waals surface area contributed by atoms with E-state index in [9.17, 15) is 5.11 Å². The Bertz CT molecular complexity index is 467. The van der Waals surface area contributed by atoms with E-state index in [2.05, 4.69) is 21.0 Å². The number of aromatic nitrogens is 2. The van der Waals surface area contributed by atoms with Gasteiger partial charge in [0, 0.05) is 0 Å². The van der Waals surface area contributed by atoms with Crippen LogP contribution in [0.25, 0.3) is 5.69 Å². The van der Waals surface area contributed by atoms with Gasteiger partial charge < -0.3 is 10.8 Å². The Morgan fingerprint density at radius 2 is 2.07 bits per heavy atom. The first-order valence-electron chi connectivity index (χ1n) is 3.97. The molecule has 1 aromatic carbocycles. The highest BCUT2D eigenvalue weighted by atomic mass is 79.9. The van der Waals surface area contributed by atoms with Crippen molar-refractivity contribution in [2.24, 2.45) is 0 Å². The number of phenols is 1. The second-order valence-corrected chi connectivity index (χ2v) is 3.54. The first-order valence-corrected chi connectivity index (χ1v) is 4.77. The van der Waals surface area contributed by atoms with E-state index >= 15 is 0 Å². The minimum atomic E-state index is 0.163. The summed E-state index contributed by atoms with van der Waals surface area (Å²) in [5.74, 6) is 0.163. The second-order valence-electron chi connectivity index (χ2n) is 2.79. The lowest BCUT2D eigenvalue weighted by molar-refractivity contribution is 0.470. The van der Waals surface area contributed by atoms with Gasteiger partial charge >= 0.3 is 0 Å². The number of nitrogens with two attached hydrogens (primary N) is 1. The van der Waals surface area contributed by atoms with E-state index < -0.39 is 0 Å². The van der Waals surface area contributed by atoms with Crippen LogP contribution in [0.15, 0.2) is 35.1 Å². The van der Waals surface area contributed by atoms with Gasteiger partial charge in [-0.3, -0.25) is 0 Å². The van der Waals surface area contributed by atoms with E-state index in [1.165, 1.54) is 10.9 Å². The first-order chi connectivity index (χ1) is 6.70. The first kappa shape index (κ1) is 9.08. The summed E-state index contributed by atoms with van der Waals surface area (Å²) in [6.07, 6.45) is 1.52. The Morgan fingerprint density at radius 3 is 2.64 bits per heavy atom. The van der Waals surface area contributed by atoms with Crippen LogP contribution in [0.5, 0.6) is 5.75 Å². The van der Waals surface area contributed by atoms with Gasteiger partial charge in [-0.15, -0.1) is 0 Å². The monoisotopic (exact) mass is 253 g/mol. The minimum Gasteiger partial charge on any atom is -0.506 e. The van der Waals surface area contributed by atoms with Crippen LogP contribution in [-0.2, 0) is 0 Å². The quantitative estimate of drug-likeness (QED) is 0.817. The van der Waals surface area contributed by atoms with Crippen molar-refractivity contribution in [3.8, 4) is 11.4 Å². The van der Waals surface area contributed by atoms with Gasteiger partial charge in [-0.05, 0) is 28.1 Å². The molecule has 0 amide bonds. The highest BCUT2D eigenvalue weighted by molar-refractivity contribution is 9.10. The summed E-state index contributed by atoms with van der Waals surface area (Å²) in [7, 11) is 0. The molecule has 2 aromatic rings. The van der Waals surface area contributed by atoms with E-state index in [4.69, 9.17) is 5.73 Å². The number of nitrogen functional groups attached to an aromatic ring is 1. The molecule has 4 nitrogen and oxygen atoms in total. The van der Waals surface area contributed by atoms with Crippen molar-refractivity contribution in [1.82, 2.24) is 9.78 Å². The van der Waals surface area contributed by atoms with Crippen molar-refractivity contribution in [2.75, 3.05) is 5.73 Å². The smallest absolute Gasteiger partial charge is 0.141 e. The van der Waals surface area contributed by atoms with Crippen LogP contribution in [0, 0.1) is 0 Å². The number of anilines is 1. The predicted octanol–water partition coefficient (Wildman–Crippen LogP) is 1.92. The van der Waals surface area contributed by atoms with Gasteiger partial charge in [-0.25, -0.2) is 4.68 Å². The lowest BCUT2D eigenvalue weighted by Crippen LogP contribution is -1.97. The van der Waals surface area contributed by atoms with Crippen LogP contribution >= 0.6 is 15.9 Å². The van der Waals surface area contributed by atoms with Gasteiger partial charge in [0.15, 0.2) is 0 Å². The number of halogens is 1. The summed E-state index contributed by atoms with van der Waals surface area (Å²) in [5.41, 5.74) is 6.75. The molecule has 14 heavy (non-hydrogen) atoms. The highest BCUT2D eigenvalue weighted by Crippen LogP contribution is 2.27. The summed E-state index contributed by atoms with van der Waals surface area (Å²) < 4.78 is 2.17. The predicted molar refractivity (Wildman–Crippen MR) is 57.3 cm³/mol. The van der Waals surface area contributed by atoms with E-state index in [0.29, 0.717) is 16.0 Å². The number of benzene rings is 1. The molecule has 3 N–H and O–H groups in total. The summed E-state index contributed by atoms with van der Waals surface area (Å²) in [5, 5.41) is 13.6. The number of hydrogen-bond donors (Lipinski definition) is 2. The second kappa shape index (κ2) is 3.34. The van der Waals surface area contributed by atoms with Gasteiger partial charge in [0.25, 0.3) is 0 Å². The van der Waals surface area contributed by atoms with Gasteiger partial charge in [0.2, 0.25) is 0 Å². The molecule has 1 heterocycles. The molecular formula is C9H8BrN3O. The maximum Gasteiger partial charge on any atom is 0.141 e. The van der Waals surface area contributed by atoms with Gasteiger partial charge in [0.1, 0.15) is 16.0 Å². The Morgan fingerprint density at radius 1 is 1.36 bits per heavy atom. The molecule has 0 aliphatic heterocycles. The van der Waals surface area contributed by atoms with Gasteiger partial charge in [-0.1, -0.05) is 12.1 Å². The lowest BCUT2D eigenvalue weighted by Gasteiger charge is -2.04. The van der Waals surface area contributed by atoms with E-state index in [0.717, 1.165) is 0 Å². The third kappa shape index (κ3) is 1.35.